The van der Waals surface area contributed by atoms with Crippen molar-refractivity contribution in [1.82, 2.24) is 0 Å². The van der Waals surface area contributed by atoms with E-state index in [4.69, 9.17) is 15.2 Å². The van der Waals surface area contributed by atoms with Gasteiger partial charge in [-0.05, 0) is 33.6 Å². The lowest BCUT2D eigenvalue weighted by atomic mass is 10.0. The molecule has 0 aromatic carbocycles. The maximum Gasteiger partial charge on any atom is 0.308 e. The van der Waals surface area contributed by atoms with Gasteiger partial charge in [-0.1, -0.05) is 13.3 Å². The van der Waals surface area contributed by atoms with Crippen molar-refractivity contribution in [2.45, 2.75) is 65.0 Å². The first-order chi connectivity index (χ1) is 8.28. The van der Waals surface area contributed by atoms with Gasteiger partial charge in [0.2, 0.25) is 0 Å². The number of carbonyl (C=O) groups excluding carboxylic acids is 1. The Morgan fingerprint density at radius 2 is 1.89 bits per heavy atom. The highest BCUT2D eigenvalue weighted by Gasteiger charge is 2.19. The van der Waals surface area contributed by atoms with Crippen LogP contribution in [-0.4, -0.2) is 31.3 Å². The predicted molar refractivity (Wildman–Crippen MR) is 73.3 cm³/mol. The Bertz CT molecular complexity index is 239. The molecule has 2 unspecified atom stereocenters. The van der Waals surface area contributed by atoms with Crippen molar-refractivity contribution in [1.29, 1.82) is 0 Å². The second-order valence-corrected chi connectivity index (χ2v) is 5.69. The molecule has 4 heteroatoms. The Morgan fingerprint density at radius 1 is 1.28 bits per heavy atom. The highest BCUT2D eigenvalue weighted by atomic mass is 16.5. The summed E-state index contributed by atoms with van der Waals surface area (Å²) < 4.78 is 10.5. The van der Waals surface area contributed by atoms with Crippen LogP contribution < -0.4 is 5.73 Å². The maximum absolute atomic E-state index is 11.7. The minimum atomic E-state index is -0.238. The summed E-state index contributed by atoms with van der Waals surface area (Å²) in [4.78, 5) is 11.7. The highest BCUT2D eigenvalue weighted by Crippen LogP contribution is 2.15. The van der Waals surface area contributed by atoms with Gasteiger partial charge in [0.1, 0.15) is 0 Å². The van der Waals surface area contributed by atoms with E-state index in [2.05, 4.69) is 0 Å². The second-order valence-electron chi connectivity index (χ2n) is 5.69. The SMILES string of the molecule is COC(C)(C)CCOC(=O)C(C)CCCC(C)N. The Kier molecular flexibility index (Phi) is 8.20. The number of nitrogens with two attached hydrogens (primary N) is 1. The minimum absolute atomic E-state index is 0.0468. The van der Waals surface area contributed by atoms with Crippen molar-refractivity contribution < 1.29 is 14.3 Å². The van der Waals surface area contributed by atoms with Crippen LogP contribution in [-0.2, 0) is 14.3 Å². The van der Waals surface area contributed by atoms with Gasteiger partial charge in [0.05, 0.1) is 18.1 Å². The van der Waals surface area contributed by atoms with E-state index in [9.17, 15) is 4.79 Å². The maximum atomic E-state index is 11.7. The van der Waals surface area contributed by atoms with Crippen molar-refractivity contribution in [3.63, 3.8) is 0 Å². The number of hydrogen-bond donors (Lipinski definition) is 1. The van der Waals surface area contributed by atoms with Crippen molar-refractivity contribution in [2.75, 3.05) is 13.7 Å². The van der Waals surface area contributed by atoms with E-state index in [1.54, 1.807) is 7.11 Å². The average Bonchev–Trinajstić information content (AvgIpc) is 2.28. The summed E-state index contributed by atoms with van der Waals surface area (Å²) in [6.07, 6.45) is 3.47. The molecule has 2 atom stereocenters. The van der Waals surface area contributed by atoms with Crippen molar-refractivity contribution >= 4 is 5.97 Å². The smallest absolute Gasteiger partial charge is 0.308 e. The molecule has 0 aliphatic rings. The largest absolute Gasteiger partial charge is 0.465 e. The first kappa shape index (κ1) is 17.4. The molecule has 0 fully saturated rings. The summed E-state index contributed by atoms with van der Waals surface area (Å²) in [7, 11) is 1.67. The number of hydrogen-bond acceptors (Lipinski definition) is 4. The standard InChI is InChI=1S/C14H29NO3/c1-11(7-6-8-12(2)15)13(16)18-10-9-14(3,4)17-5/h11-12H,6-10,15H2,1-5H3. The van der Waals surface area contributed by atoms with Crippen LogP contribution in [0.25, 0.3) is 0 Å². The topological polar surface area (TPSA) is 61.5 Å². The van der Waals surface area contributed by atoms with Gasteiger partial charge in [-0.2, -0.15) is 0 Å². The molecule has 0 bridgehead atoms. The molecule has 0 saturated carbocycles. The third-order valence-corrected chi connectivity index (χ3v) is 3.20. The van der Waals surface area contributed by atoms with Gasteiger partial charge in [0, 0.05) is 19.6 Å². The summed E-state index contributed by atoms with van der Waals surface area (Å²) in [5.74, 6) is -0.166. The van der Waals surface area contributed by atoms with Gasteiger partial charge >= 0.3 is 5.97 Å². The highest BCUT2D eigenvalue weighted by molar-refractivity contribution is 5.71. The molecule has 0 radical (unpaired) electrons. The van der Waals surface area contributed by atoms with E-state index < -0.39 is 0 Å². The molecule has 108 valence electrons. The predicted octanol–water partition coefficient (Wildman–Crippen LogP) is 2.50. The zero-order valence-corrected chi connectivity index (χ0v) is 12.5. The van der Waals surface area contributed by atoms with Gasteiger partial charge < -0.3 is 15.2 Å². The molecule has 0 heterocycles. The summed E-state index contributed by atoms with van der Waals surface area (Å²) in [5.41, 5.74) is 5.43. The summed E-state index contributed by atoms with van der Waals surface area (Å²) in [6, 6.07) is 0.204. The van der Waals surface area contributed by atoms with E-state index in [0.29, 0.717) is 13.0 Å². The van der Waals surface area contributed by atoms with Crippen LogP contribution in [0.5, 0.6) is 0 Å². The lowest BCUT2D eigenvalue weighted by Gasteiger charge is -2.22. The van der Waals surface area contributed by atoms with E-state index in [-0.39, 0.29) is 23.5 Å². The molecule has 0 aromatic heterocycles. The monoisotopic (exact) mass is 259 g/mol. The van der Waals surface area contributed by atoms with Gasteiger partial charge in [-0.25, -0.2) is 0 Å². The number of rotatable bonds is 9. The van der Waals surface area contributed by atoms with Crippen LogP contribution in [0.1, 0.15) is 53.4 Å². The number of carbonyl (C=O) groups is 1. The first-order valence-electron chi connectivity index (χ1n) is 6.76. The Morgan fingerprint density at radius 3 is 2.39 bits per heavy atom. The van der Waals surface area contributed by atoms with E-state index in [0.717, 1.165) is 19.3 Å². The number of esters is 1. The molecule has 0 rings (SSSR count). The molecular weight excluding hydrogens is 230 g/mol. The fourth-order valence-electron chi connectivity index (χ4n) is 1.51. The van der Waals surface area contributed by atoms with Crippen LogP contribution in [0.3, 0.4) is 0 Å². The molecule has 18 heavy (non-hydrogen) atoms. The van der Waals surface area contributed by atoms with Crippen LogP contribution in [0.15, 0.2) is 0 Å². The van der Waals surface area contributed by atoms with Crippen molar-refractivity contribution in [3.8, 4) is 0 Å². The second kappa shape index (κ2) is 8.48. The molecule has 0 spiro atoms. The van der Waals surface area contributed by atoms with Crippen LogP contribution in [0.2, 0.25) is 0 Å². The Balaban J connectivity index is 3.75. The quantitative estimate of drug-likeness (QED) is 0.646. The third kappa shape index (κ3) is 8.48. The number of ether oxygens (including phenoxy) is 2. The minimum Gasteiger partial charge on any atom is -0.465 e. The molecule has 0 aliphatic carbocycles. The van der Waals surface area contributed by atoms with Crippen LogP contribution in [0, 0.1) is 5.92 Å². The number of methoxy groups -OCH3 is 1. The lowest BCUT2D eigenvalue weighted by Crippen LogP contribution is -2.26. The lowest BCUT2D eigenvalue weighted by molar-refractivity contribution is -0.149. The van der Waals surface area contributed by atoms with Crippen LogP contribution in [0.4, 0.5) is 0 Å². The molecule has 4 nitrogen and oxygen atoms in total. The van der Waals surface area contributed by atoms with E-state index >= 15 is 0 Å². The molecule has 0 amide bonds. The molecule has 2 N–H and O–H groups in total. The first-order valence-corrected chi connectivity index (χ1v) is 6.76. The molecule has 0 saturated heterocycles. The van der Waals surface area contributed by atoms with Gasteiger partial charge in [0.15, 0.2) is 0 Å². The molecule has 0 aromatic rings. The summed E-state index contributed by atoms with van der Waals surface area (Å²) in [5, 5.41) is 0. The van der Waals surface area contributed by atoms with E-state index in [1.165, 1.54) is 0 Å². The van der Waals surface area contributed by atoms with Crippen LogP contribution >= 0.6 is 0 Å². The summed E-state index contributed by atoms with van der Waals surface area (Å²) >= 11 is 0. The zero-order valence-electron chi connectivity index (χ0n) is 12.5. The molecule has 0 aliphatic heterocycles. The molecular formula is C14H29NO3. The Hall–Kier alpha value is -0.610. The summed E-state index contributed by atoms with van der Waals surface area (Å²) in [6.45, 7) is 8.26. The zero-order chi connectivity index (χ0) is 14.2. The van der Waals surface area contributed by atoms with Gasteiger partial charge in [-0.15, -0.1) is 0 Å². The average molecular weight is 259 g/mol. The fourth-order valence-corrected chi connectivity index (χ4v) is 1.51. The van der Waals surface area contributed by atoms with Crippen molar-refractivity contribution in [2.24, 2.45) is 11.7 Å². The Labute approximate surface area is 111 Å². The van der Waals surface area contributed by atoms with E-state index in [1.807, 2.05) is 27.7 Å². The fraction of sp³-hybridized carbons (Fsp3) is 0.929. The van der Waals surface area contributed by atoms with Gasteiger partial charge in [-0.3, -0.25) is 4.79 Å². The normalized spacial score (nSPS) is 15.2. The van der Waals surface area contributed by atoms with Crippen molar-refractivity contribution in [3.05, 3.63) is 0 Å². The van der Waals surface area contributed by atoms with Gasteiger partial charge in [0.25, 0.3) is 0 Å². The third-order valence-electron chi connectivity index (χ3n) is 3.20.